The summed E-state index contributed by atoms with van der Waals surface area (Å²) in [5.74, 6) is 0. The van der Waals surface area contributed by atoms with Crippen LogP contribution in [0.15, 0.2) is 24.3 Å². The van der Waals surface area contributed by atoms with E-state index in [4.69, 9.17) is 5.11 Å². The van der Waals surface area contributed by atoms with Gasteiger partial charge in [0.25, 0.3) is 0 Å². The first-order valence-electron chi connectivity index (χ1n) is 7.54. The summed E-state index contributed by atoms with van der Waals surface area (Å²) in [5.41, 5.74) is 2.44. The number of para-hydroxylation sites is 1. The van der Waals surface area contributed by atoms with Crippen LogP contribution in [0.4, 0.5) is 10.5 Å². The van der Waals surface area contributed by atoms with Gasteiger partial charge in [0.15, 0.2) is 0 Å². The van der Waals surface area contributed by atoms with E-state index >= 15 is 0 Å². The van der Waals surface area contributed by atoms with E-state index in [2.05, 4.69) is 41.5 Å². The fourth-order valence-corrected chi connectivity index (χ4v) is 2.21. The average molecular weight is 293 g/mol. The van der Waals surface area contributed by atoms with Gasteiger partial charge in [-0.25, -0.2) is 4.79 Å². The Labute approximate surface area is 127 Å². The van der Waals surface area contributed by atoms with E-state index in [1.165, 1.54) is 11.3 Å². The molecule has 0 aromatic heterocycles. The van der Waals surface area contributed by atoms with Gasteiger partial charge in [-0.1, -0.05) is 18.2 Å². The predicted octanol–water partition coefficient (Wildman–Crippen LogP) is 1.89. The molecule has 0 radical (unpaired) electrons. The van der Waals surface area contributed by atoms with Crippen LogP contribution in [-0.4, -0.2) is 43.4 Å². The summed E-state index contributed by atoms with van der Waals surface area (Å²) in [7, 11) is 0. The van der Waals surface area contributed by atoms with Gasteiger partial charge in [-0.15, -0.1) is 0 Å². The van der Waals surface area contributed by atoms with Gasteiger partial charge in [-0.05, 0) is 38.8 Å². The van der Waals surface area contributed by atoms with E-state index in [1.54, 1.807) is 0 Å². The molecule has 0 fully saturated rings. The molecule has 0 saturated carbocycles. The average Bonchev–Trinajstić information content (AvgIpc) is 2.45. The van der Waals surface area contributed by atoms with Crippen molar-refractivity contribution in [1.29, 1.82) is 0 Å². The summed E-state index contributed by atoms with van der Waals surface area (Å²) in [4.78, 5) is 13.9. The van der Waals surface area contributed by atoms with Crippen LogP contribution in [0.1, 0.15) is 25.8 Å². The normalized spacial score (nSPS) is 11.8. The van der Waals surface area contributed by atoms with Crippen molar-refractivity contribution in [2.24, 2.45) is 0 Å². The third kappa shape index (κ3) is 6.04. The molecule has 0 aliphatic rings. The second-order valence-corrected chi connectivity index (χ2v) is 5.18. The Balaban J connectivity index is 2.39. The number of carbonyl (C=O) groups is 1. The molecule has 1 aromatic carbocycles. The van der Waals surface area contributed by atoms with Crippen molar-refractivity contribution < 1.29 is 9.90 Å². The van der Waals surface area contributed by atoms with Gasteiger partial charge in [0.05, 0.1) is 0 Å². The highest BCUT2D eigenvalue weighted by molar-refractivity contribution is 5.74. The number of urea groups is 1. The molecule has 0 bridgehead atoms. The second kappa shape index (κ2) is 9.23. The monoisotopic (exact) mass is 293 g/mol. The van der Waals surface area contributed by atoms with Crippen molar-refractivity contribution in [1.82, 2.24) is 10.6 Å². The Morgan fingerprint density at radius 2 is 2.10 bits per heavy atom. The Morgan fingerprint density at radius 3 is 2.71 bits per heavy atom. The number of rotatable bonds is 8. The number of likely N-dealkylation sites (N-methyl/N-ethyl adjacent to an activating group) is 1. The van der Waals surface area contributed by atoms with Crippen LogP contribution in [-0.2, 0) is 0 Å². The number of anilines is 1. The molecule has 118 valence electrons. The minimum atomic E-state index is -0.184. The van der Waals surface area contributed by atoms with Crippen LogP contribution in [0.25, 0.3) is 0 Å². The van der Waals surface area contributed by atoms with Gasteiger partial charge < -0.3 is 20.6 Å². The van der Waals surface area contributed by atoms with Gasteiger partial charge in [0, 0.05) is 38.0 Å². The number of nitrogens with zero attached hydrogens (tertiary/aromatic N) is 1. The molecule has 0 heterocycles. The van der Waals surface area contributed by atoms with Crippen molar-refractivity contribution in [3.05, 3.63) is 29.8 Å². The van der Waals surface area contributed by atoms with Crippen LogP contribution in [0, 0.1) is 6.92 Å². The number of nitrogens with one attached hydrogen (secondary N) is 2. The van der Waals surface area contributed by atoms with E-state index in [0.717, 1.165) is 13.1 Å². The fraction of sp³-hybridized carbons (Fsp3) is 0.562. The maximum absolute atomic E-state index is 11.7. The summed E-state index contributed by atoms with van der Waals surface area (Å²) >= 11 is 0. The molecule has 5 heteroatoms. The van der Waals surface area contributed by atoms with Crippen molar-refractivity contribution in [2.75, 3.05) is 31.1 Å². The third-order valence-electron chi connectivity index (χ3n) is 3.44. The Morgan fingerprint density at radius 1 is 1.38 bits per heavy atom. The van der Waals surface area contributed by atoms with Crippen LogP contribution in [0.3, 0.4) is 0 Å². The largest absolute Gasteiger partial charge is 0.396 e. The summed E-state index contributed by atoms with van der Waals surface area (Å²) in [6, 6.07) is 8.05. The van der Waals surface area contributed by atoms with Gasteiger partial charge in [-0.3, -0.25) is 0 Å². The highest BCUT2D eigenvalue weighted by Crippen LogP contribution is 2.18. The lowest BCUT2D eigenvalue weighted by atomic mass is 10.2. The zero-order chi connectivity index (χ0) is 15.7. The smallest absolute Gasteiger partial charge is 0.315 e. The van der Waals surface area contributed by atoms with Crippen LogP contribution in [0.2, 0.25) is 0 Å². The molecule has 1 rings (SSSR count). The number of hydrogen-bond acceptors (Lipinski definition) is 3. The van der Waals surface area contributed by atoms with Crippen molar-refractivity contribution >= 4 is 11.7 Å². The number of amides is 2. The molecule has 2 amide bonds. The quantitative estimate of drug-likeness (QED) is 0.686. The SMILES string of the molecule is CCN(CCNC(=O)N[C@H](C)CCO)c1ccccc1C. The maximum Gasteiger partial charge on any atom is 0.315 e. The van der Waals surface area contributed by atoms with Crippen molar-refractivity contribution in [3.63, 3.8) is 0 Å². The van der Waals surface area contributed by atoms with Gasteiger partial charge >= 0.3 is 6.03 Å². The van der Waals surface area contributed by atoms with Crippen molar-refractivity contribution in [2.45, 2.75) is 33.2 Å². The third-order valence-corrected chi connectivity index (χ3v) is 3.44. The Hall–Kier alpha value is -1.75. The Kier molecular flexibility index (Phi) is 7.61. The minimum absolute atomic E-state index is 0.0198. The predicted molar refractivity (Wildman–Crippen MR) is 86.8 cm³/mol. The maximum atomic E-state index is 11.7. The number of carbonyl (C=O) groups excluding carboxylic acids is 1. The first-order valence-corrected chi connectivity index (χ1v) is 7.54. The fourth-order valence-electron chi connectivity index (χ4n) is 2.21. The van der Waals surface area contributed by atoms with Gasteiger partial charge in [0.2, 0.25) is 0 Å². The van der Waals surface area contributed by atoms with Gasteiger partial charge in [0.1, 0.15) is 0 Å². The molecule has 0 aliphatic heterocycles. The van der Waals surface area contributed by atoms with Crippen LogP contribution >= 0.6 is 0 Å². The molecule has 1 aromatic rings. The summed E-state index contributed by atoms with van der Waals surface area (Å²) in [6.07, 6.45) is 0.567. The number of benzene rings is 1. The molecule has 0 saturated heterocycles. The summed E-state index contributed by atoms with van der Waals surface area (Å²) in [5, 5.41) is 14.5. The Bertz CT molecular complexity index is 437. The number of aliphatic hydroxyl groups is 1. The van der Waals surface area contributed by atoms with E-state index in [0.29, 0.717) is 13.0 Å². The molecule has 1 atom stereocenters. The molecule has 0 aliphatic carbocycles. The molecule has 0 unspecified atom stereocenters. The molecule has 3 N–H and O–H groups in total. The number of hydrogen-bond donors (Lipinski definition) is 3. The zero-order valence-corrected chi connectivity index (χ0v) is 13.2. The van der Waals surface area contributed by atoms with Gasteiger partial charge in [-0.2, -0.15) is 0 Å². The zero-order valence-electron chi connectivity index (χ0n) is 13.2. The van der Waals surface area contributed by atoms with E-state index in [1.807, 2.05) is 19.1 Å². The standard InChI is InChI=1S/C16H27N3O2/c1-4-19(15-8-6-5-7-13(15)2)11-10-17-16(21)18-14(3)9-12-20/h5-8,14,20H,4,9-12H2,1-3H3,(H2,17,18,21)/t14-/m1/s1. The lowest BCUT2D eigenvalue weighted by Gasteiger charge is -2.25. The van der Waals surface area contributed by atoms with Crippen LogP contribution < -0.4 is 15.5 Å². The highest BCUT2D eigenvalue weighted by Gasteiger charge is 2.09. The molecule has 21 heavy (non-hydrogen) atoms. The molecule has 0 spiro atoms. The molecule has 5 nitrogen and oxygen atoms in total. The number of aliphatic hydroxyl groups excluding tert-OH is 1. The summed E-state index contributed by atoms with van der Waals surface area (Å²) in [6.45, 7) is 8.41. The summed E-state index contributed by atoms with van der Waals surface area (Å²) < 4.78 is 0. The first kappa shape index (κ1) is 17.3. The first-order chi connectivity index (χ1) is 10.1. The number of aryl methyl sites for hydroxylation is 1. The van der Waals surface area contributed by atoms with E-state index < -0.39 is 0 Å². The van der Waals surface area contributed by atoms with E-state index in [-0.39, 0.29) is 18.7 Å². The highest BCUT2D eigenvalue weighted by atomic mass is 16.3. The van der Waals surface area contributed by atoms with E-state index in [9.17, 15) is 4.79 Å². The molecular formula is C16H27N3O2. The van der Waals surface area contributed by atoms with Crippen LogP contribution in [0.5, 0.6) is 0 Å². The lowest BCUT2D eigenvalue weighted by molar-refractivity contribution is 0.231. The molecular weight excluding hydrogens is 266 g/mol. The minimum Gasteiger partial charge on any atom is -0.396 e. The second-order valence-electron chi connectivity index (χ2n) is 5.18. The van der Waals surface area contributed by atoms with Crippen molar-refractivity contribution in [3.8, 4) is 0 Å². The lowest BCUT2D eigenvalue weighted by Crippen LogP contribution is -2.44. The topological polar surface area (TPSA) is 64.6 Å².